The lowest BCUT2D eigenvalue weighted by atomic mass is 9.92. The van der Waals surface area contributed by atoms with Crippen LogP contribution in [0.1, 0.15) is 17.9 Å². The Morgan fingerprint density at radius 3 is 3.05 bits per heavy atom. The maximum Gasteiger partial charge on any atom is 0.122 e. The molecule has 3 rings (SSSR count). The summed E-state index contributed by atoms with van der Waals surface area (Å²) >= 11 is 0. The number of ether oxygens (including phenoxy) is 2. The Bertz CT molecular complexity index is 424. The second kappa shape index (κ2) is 5.90. The van der Waals surface area contributed by atoms with E-state index >= 15 is 0 Å². The van der Waals surface area contributed by atoms with Crippen molar-refractivity contribution in [3.63, 3.8) is 0 Å². The van der Waals surface area contributed by atoms with Crippen molar-refractivity contribution in [1.29, 1.82) is 0 Å². The van der Waals surface area contributed by atoms with Crippen LogP contribution in [-0.2, 0) is 4.74 Å². The lowest BCUT2D eigenvalue weighted by Gasteiger charge is -2.38. The average Bonchev–Trinajstić information content (AvgIpc) is 2.48. The third-order valence-corrected chi connectivity index (χ3v) is 4.16. The molecule has 19 heavy (non-hydrogen) atoms. The van der Waals surface area contributed by atoms with E-state index in [9.17, 15) is 0 Å². The van der Waals surface area contributed by atoms with Crippen LogP contribution in [0.4, 0.5) is 0 Å². The number of para-hydroxylation sites is 1. The third-order valence-electron chi connectivity index (χ3n) is 4.16. The van der Waals surface area contributed by atoms with Gasteiger partial charge in [0.2, 0.25) is 0 Å². The summed E-state index contributed by atoms with van der Waals surface area (Å²) in [6, 6.07) is 8.76. The highest BCUT2D eigenvalue weighted by Gasteiger charge is 2.28. The zero-order valence-electron chi connectivity index (χ0n) is 11.3. The molecule has 1 fully saturated rings. The van der Waals surface area contributed by atoms with E-state index in [0.717, 1.165) is 45.1 Å². The van der Waals surface area contributed by atoms with Crippen LogP contribution >= 0.6 is 0 Å². The minimum absolute atomic E-state index is 0.365. The summed E-state index contributed by atoms with van der Waals surface area (Å²) in [6.45, 7) is 5.12. The molecule has 0 amide bonds. The molecule has 104 valence electrons. The van der Waals surface area contributed by atoms with Gasteiger partial charge in [-0.05, 0) is 18.1 Å². The molecule has 2 aliphatic heterocycles. The molecule has 2 N–H and O–H groups in total. The predicted octanol–water partition coefficient (Wildman–Crippen LogP) is 1.21. The number of benzene rings is 1. The number of nitrogens with two attached hydrogens (primary N) is 1. The minimum atomic E-state index is 0.365. The molecule has 2 atom stereocenters. The Morgan fingerprint density at radius 2 is 2.16 bits per heavy atom. The summed E-state index contributed by atoms with van der Waals surface area (Å²) in [5.41, 5.74) is 7.19. The predicted molar refractivity (Wildman–Crippen MR) is 74.5 cm³/mol. The van der Waals surface area contributed by atoms with Crippen molar-refractivity contribution in [2.45, 2.75) is 18.4 Å². The number of rotatable bonds is 3. The van der Waals surface area contributed by atoms with E-state index in [1.165, 1.54) is 5.56 Å². The van der Waals surface area contributed by atoms with Gasteiger partial charge in [0.05, 0.1) is 19.8 Å². The lowest BCUT2D eigenvalue weighted by molar-refractivity contribution is -0.00811. The van der Waals surface area contributed by atoms with E-state index in [1.807, 2.05) is 6.07 Å². The van der Waals surface area contributed by atoms with Gasteiger partial charge in [0, 0.05) is 31.6 Å². The van der Waals surface area contributed by atoms with Gasteiger partial charge in [-0.2, -0.15) is 0 Å². The van der Waals surface area contributed by atoms with Crippen LogP contribution < -0.4 is 10.5 Å². The van der Waals surface area contributed by atoms with E-state index in [2.05, 4.69) is 23.1 Å². The summed E-state index contributed by atoms with van der Waals surface area (Å²) in [7, 11) is 0. The van der Waals surface area contributed by atoms with E-state index in [-0.39, 0.29) is 0 Å². The summed E-state index contributed by atoms with van der Waals surface area (Å²) in [5.74, 6) is 1.61. The van der Waals surface area contributed by atoms with Gasteiger partial charge in [0.25, 0.3) is 0 Å². The molecule has 0 aromatic heterocycles. The Morgan fingerprint density at radius 1 is 1.26 bits per heavy atom. The first-order chi connectivity index (χ1) is 9.38. The van der Waals surface area contributed by atoms with Gasteiger partial charge in [-0.25, -0.2) is 0 Å². The topological polar surface area (TPSA) is 47.7 Å². The second-order valence-corrected chi connectivity index (χ2v) is 5.33. The first-order valence-electron chi connectivity index (χ1n) is 7.12. The largest absolute Gasteiger partial charge is 0.493 e. The molecule has 1 aromatic rings. The number of fused-ring (bicyclic) bond motifs is 1. The van der Waals surface area contributed by atoms with Crippen LogP contribution in [0.3, 0.4) is 0 Å². The highest BCUT2D eigenvalue weighted by molar-refractivity contribution is 5.38. The normalized spacial score (nSPS) is 27.6. The van der Waals surface area contributed by atoms with Crippen molar-refractivity contribution in [2.24, 2.45) is 5.73 Å². The fraction of sp³-hybridized carbons (Fsp3) is 0.600. The van der Waals surface area contributed by atoms with Gasteiger partial charge in [0.1, 0.15) is 5.75 Å². The van der Waals surface area contributed by atoms with E-state index in [0.29, 0.717) is 18.5 Å². The van der Waals surface area contributed by atoms with Crippen LogP contribution in [0.5, 0.6) is 5.75 Å². The van der Waals surface area contributed by atoms with Crippen molar-refractivity contribution in [1.82, 2.24) is 4.90 Å². The second-order valence-electron chi connectivity index (χ2n) is 5.33. The van der Waals surface area contributed by atoms with Crippen molar-refractivity contribution < 1.29 is 9.47 Å². The molecule has 2 aliphatic rings. The molecule has 4 nitrogen and oxygen atoms in total. The van der Waals surface area contributed by atoms with Crippen LogP contribution in [0, 0.1) is 0 Å². The number of hydrogen-bond acceptors (Lipinski definition) is 4. The maximum absolute atomic E-state index is 5.85. The lowest BCUT2D eigenvalue weighted by Crippen LogP contribution is -2.50. The Hall–Kier alpha value is -1.10. The summed E-state index contributed by atoms with van der Waals surface area (Å²) < 4.78 is 11.2. The SMILES string of the molecule is NCC1COCCN1CC1CCOc2ccccc21. The van der Waals surface area contributed by atoms with Crippen molar-refractivity contribution >= 4 is 0 Å². The van der Waals surface area contributed by atoms with Gasteiger partial charge < -0.3 is 15.2 Å². The van der Waals surface area contributed by atoms with Crippen molar-refractivity contribution in [2.75, 3.05) is 39.5 Å². The molecular weight excluding hydrogens is 240 g/mol. The van der Waals surface area contributed by atoms with E-state index < -0.39 is 0 Å². The molecule has 2 unspecified atom stereocenters. The molecule has 1 saturated heterocycles. The number of nitrogens with zero attached hydrogens (tertiary/aromatic N) is 1. The molecule has 0 saturated carbocycles. The minimum Gasteiger partial charge on any atom is -0.493 e. The molecular formula is C15H22N2O2. The molecule has 0 spiro atoms. The van der Waals surface area contributed by atoms with Crippen LogP contribution in [-0.4, -0.2) is 50.4 Å². The van der Waals surface area contributed by atoms with Gasteiger partial charge in [-0.15, -0.1) is 0 Å². The van der Waals surface area contributed by atoms with E-state index in [4.69, 9.17) is 15.2 Å². The maximum atomic E-state index is 5.85. The zero-order chi connectivity index (χ0) is 13.1. The molecule has 0 bridgehead atoms. The van der Waals surface area contributed by atoms with Crippen molar-refractivity contribution in [3.8, 4) is 5.75 Å². The summed E-state index contributed by atoms with van der Waals surface area (Å²) in [6.07, 6.45) is 1.09. The molecule has 2 heterocycles. The molecule has 1 aromatic carbocycles. The Labute approximate surface area is 114 Å². The molecule has 0 aliphatic carbocycles. The number of morpholine rings is 1. The van der Waals surface area contributed by atoms with Crippen LogP contribution in [0.15, 0.2) is 24.3 Å². The van der Waals surface area contributed by atoms with Crippen LogP contribution in [0.2, 0.25) is 0 Å². The summed E-state index contributed by atoms with van der Waals surface area (Å²) in [4.78, 5) is 2.48. The highest BCUT2D eigenvalue weighted by atomic mass is 16.5. The quantitative estimate of drug-likeness (QED) is 0.889. The highest BCUT2D eigenvalue weighted by Crippen LogP contribution is 2.34. The average molecular weight is 262 g/mol. The summed E-state index contributed by atoms with van der Waals surface area (Å²) in [5, 5.41) is 0. The Balaban J connectivity index is 1.73. The third kappa shape index (κ3) is 2.76. The van der Waals surface area contributed by atoms with Gasteiger partial charge in [0.15, 0.2) is 0 Å². The first-order valence-corrected chi connectivity index (χ1v) is 7.12. The zero-order valence-corrected chi connectivity index (χ0v) is 11.3. The number of hydrogen-bond donors (Lipinski definition) is 1. The first kappa shape index (κ1) is 12.9. The molecule has 4 heteroatoms. The fourth-order valence-corrected chi connectivity index (χ4v) is 3.04. The van der Waals surface area contributed by atoms with Crippen molar-refractivity contribution in [3.05, 3.63) is 29.8 Å². The van der Waals surface area contributed by atoms with E-state index in [1.54, 1.807) is 0 Å². The standard InChI is InChI=1S/C15H22N2O2/c16-9-13-11-18-8-6-17(13)10-12-5-7-19-15-4-2-1-3-14(12)15/h1-4,12-13H,5-11,16H2. The fourth-order valence-electron chi connectivity index (χ4n) is 3.04. The van der Waals surface area contributed by atoms with Gasteiger partial charge in [-0.1, -0.05) is 18.2 Å². The van der Waals surface area contributed by atoms with Crippen LogP contribution in [0.25, 0.3) is 0 Å². The Kier molecular flexibility index (Phi) is 4.01. The molecule has 0 radical (unpaired) electrons. The monoisotopic (exact) mass is 262 g/mol. The van der Waals surface area contributed by atoms with Gasteiger partial charge in [-0.3, -0.25) is 4.90 Å². The van der Waals surface area contributed by atoms with Gasteiger partial charge >= 0.3 is 0 Å². The smallest absolute Gasteiger partial charge is 0.122 e.